The lowest BCUT2D eigenvalue weighted by atomic mass is 10.2. The van der Waals surface area contributed by atoms with E-state index in [2.05, 4.69) is 10.6 Å². The van der Waals surface area contributed by atoms with Gasteiger partial charge in [0.2, 0.25) is 0 Å². The first-order valence-electron chi connectivity index (χ1n) is 8.48. The van der Waals surface area contributed by atoms with Gasteiger partial charge >= 0.3 is 12.2 Å². The van der Waals surface area contributed by atoms with Crippen molar-refractivity contribution in [3.8, 4) is 0 Å². The number of benzene rings is 2. The molecule has 0 unspecified atom stereocenters. The third kappa shape index (κ3) is 8.92. The first kappa shape index (κ1) is 19.8. The van der Waals surface area contributed by atoms with Gasteiger partial charge in [-0.3, -0.25) is 0 Å². The van der Waals surface area contributed by atoms with Gasteiger partial charge in [0.1, 0.15) is 13.2 Å². The van der Waals surface area contributed by atoms with Crippen LogP contribution in [0.4, 0.5) is 9.59 Å². The molecule has 0 aromatic heterocycles. The molecule has 0 aliphatic heterocycles. The van der Waals surface area contributed by atoms with Crippen LogP contribution in [-0.4, -0.2) is 32.1 Å². The minimum atomic E-state index is -0.628. The van der Waals surface area contributed by atoms with Crippen LogP contribution < -0.4 is 10.6 Å². The Bertz CT molecular complexity index is 693. The van der Waals surface area contributed by atoms with Crippen molar-refractivity contribution in [2.45, 2.75) is 0 Å². The van der Waals surface area contributed by atoms with Crippen LogP contribution in [0.15, 0.2) is 72.8 Å². The van der Waals surface area contributed by atoms with Gasteiger partial charge in [-0.2, -0.15) is 0 Å². The molecule has 0 fully saturated rings. The predicted molar refractivity (Wildman–Crippen MR) is 105 cm³/mol. The zero-order valence-electron chi connectivity index (χ0n) is 14.8. The van der Waals surface area contributed by atoms with E-state index >= 15 is 0 Å². The summed E-state index contributed by atoms with van der Waals surface area (Å²) < 4.78 is 9.91. The van der Waals surface area contributed by atoms with E-state index in [0.717, 1.165) is 11.1 Å². The minimum Gasteiger partial charge on any atom is -0.445 e. The summed E-state index contributed by atoms with van der Waals surface area (Å²) in [6, 6.07) is 19.3. The number of amides is 2. The largest absolute Gasteiger partial charge is 0.445 e. The Hall–Kier alpha value is -3.54. The maximum Gasteiger partial charge on any atom is 0.408 e. The lowest BCUT2D eigenvalue weighted by Gasteiger charge is -2.07. The highest BCUT2D eigenvalue weighted by Crippen LogP contribution is 2.01. The van der Waals surface area contributed by atoms with Gasteiger partial charge in [0.25, 0.3) is 0 Å². The number of alkyl carbamates (subject to hydrolysis) is 2. The monoisotopic (exact) mass is 366 g/mol. The maximum atomic E-state index is 11.5. The first-order chi connectivity index (χ1) is 13.2. The molecule has 140 valence electrons. The van der Waals surface area contributed by atoms with Crippen LogP contribution in [0.25, 0.3) is 12.2 Å². The fourth-order valence-electron chi connectivity index (χ4n) is 2.03. The van der Waals surface area contributed by atoms with Crippen LogP contribution >= 0.6 is 0 Å². The molecule has 2 amide bonds. The van der Waals surface area contributed by atoms with Gasteiger partial charge in [-0.1, -0.05) is 72.8 Å². The van der Waals surface area contributed by atoms with E-state index in [1.807, 2.05) is 72.8 Å². The van der Waals surface area contributed by atoms with E-state index in [1.54, 1.807) is 12.2 Å². The molecule has 0 saturated heterocycles. The number of rotatable bonds is 8. The first-order valence-corrected chi connectivity index (χ1v) is 8.48. The Kier molecular flexibility index (Phi) is 8.73. The third-order valence-electron chi connectivity index (χ3n) is 3.31. The molecule has 0 atom stereocenters. The van der Waals surface area contributed by atoms with E-state index in [1.165, 1.54) is 0 Å². The molecule has 27 heavy (non-hydrogen) atoms. The van der Waals surface area contributed by atoms with E-state index in [4.69, 9.17) is 9.47 Å². The van der Waals surface area contributed by atoms with Gasteiger partial charge in [-0.15, -0.1) is 0 Å². The van der Waals surface area contributed by atoms with E-state index in [-0.39, 0.29) is 19.9 Å². The van der Waals surface area contributed by atoms with Crippen LogP contribution in [0.3, 0.4) is 0 Å². The Labute approximate surface area is 158 Å². The van der Waals surface area contributed by atoms with Crippen molar-refractivity contribution in [1.82, 2.24) is 10.6 Å². The Morgan fingerprint density at radius 3 is 1.52 bits per heavy atom. The Morgan fingerprint density at radius 1 is 0.704 bits per heavy atom. The van der Waals surface area contributed by atoms with Crippen LogP contribution in [-0.2, 0) is 9.47 Å². The smallest absolute Gasteiger partial charge is 0.408 e. The summed E-state index contributed by atoms with van der Waals surface area (Å²) in [5.74, 6) is 0. The number of nitrogens with one attached hydrogen (secondary N) is 2. The van der Waals surface area contributed by atoms with Crippen molar-refractivity contribution in [3.05, 3.63) is 83.9 Å². The van der Waals surface area contributed by atoms with Crippen molar-refractivity contribution >= 4 is 24.3 Å². The molecule has 0 spiro atoms. The summed E-state index contributed by atoms with van der Waals surface area (Å²) >= 11 is 0. The summed E-state index contributed by atoms with van der Waals surface area (Å²) in [4.78, 5) is 23.0. The van der Waals surface area contributed by atoms with E-state index in [0.29, 0.717) is 0 Å². The second-order valence-corrected chi connectivity index (χ2v) is 5.35. The van der Waals surface area contributed by atoms with Crippen LogP contribution in [0.2, 0.25) is 0 Å². The van der Waals surface area contributed by atoms with Gasteiger partial charge in [0, 0.05) is 0 Å². The summed E-state index contributed by atoms with van der Waals surface area (Å²) in [6.07, 6.45) is 5.91. The van der Waals surface area contributed by atoms with Crippen molar-refractivity contribution in [2.24, 2.45) is 0 Å². The van der Waals surface area contributed by atoms with Gasteiger partial charge in [0.15, 0.2) is 0 Å². The Morgan fingerprint density at radius 2 is 1.11 bits per heavy atom. The minimum absolute atomic E-state index is 0.0809. The molecule has 0 bridgehead atoms. The highest BCUT2D eigenvalue weighted by atomic mass is 16.6. The highest BCUT2D eigenvalue weighted by molar-refractivity contribution is 5.70. The topological polar surface area (TPSA) is 76.7 Å². The average Bonchev–Trinajstić information content (AvgIpc) is 2.70. The zero-order chi connectivity index (χ0) is 19.2. The van der Waals surface area contributed by atoms with Crippen LogP contribution in [0, 0.1) is 0 Å². The molecule has 2 N–H and O–H groups in total. The predicted octanol–water partition coefficient (Wildman–Crippen LogP) is 3.82. The number of carbonyl (C=O) groups excluding carboxylic acids is 2. The number of hydrogen-bond acceptors (Lipinski definition) is 4. The normalized spacial score (nSPS) is 10.7. The lowest BCUT2D eigenvalue weighted by Crippen LogP contribution is -2.37. The third-order valence-corrected chi connectivity index (χ3v) is 3.31. The summed E-state index contributed by atoms with van der Waals surface area (Å²) in [5.41, 5.74) is 2.04. The van der Waals surface area contributed by atoms with E-state index in [9.17, 15) is 9.59 Å². The number of ether oxygens (including phenoxy) is 2. The van der Waals surface area contributed by atoms with Crippen molar-refractivity contribution in [1.29, 1.82) is 0 Å². The van der Waals surface area contributed by atoms with Crippen molar-refractivity contribution in [3.63, 3.8) is 0 Å². The molecule has 0 heterocycles. The summed E-state index contributed by atoms with van der Waals surface area (Å²) in [5, 5.41) is 4.81. The average molecular weight is 366 g/mol. The van der Waals surface area contributed by atoms with E-state index < -0.39 is 12.2 Å². The van der Waals surface area contributed by atoms with Crippen molar-refractivity contribution < 1.29 is 19.1 Å². The van der Waals surface area contributed by atoms with Gasteiger partial charge < -0.3 is 20.1 Å². The molecular weight excluding hydrogens is 344 g/mol. The lowest BCUT2D eigenvalue weighted by molar-refractivity contribution is 0.150. The summed E-state index contributed by atoms with van der Waals surface area (Å²) in [7, 11) is 0. The molecular formula is C21H22N2O4. The zero-order valence-corrected chi connectivity index (χ0v) is 14.8. The fraction of sp³-hybridized carbons (Fsp3) is 0.143. The van der Waals surface area contributed by atoms with Crippen molar-refractivity contribution in [2.75, 3.05) is 19.9 Å². The molecule has 0 radical (unpaired) electrons. The molecule has 6 nitrogen and oxygen atoms in total. The molecule has 0 saturated carbocycles. The summed E-state index contributed by atoms with van der Waals surface area (Å²) in [6.45, 7) is 0.188. The second kappa shape index (κ2) is 11.9. The molecule has 6 heteroatoms. The highest BCUT2D eigenvalue weighted by Gasteiger charge is 2.02. The van der Waals surface area contributed by atoms with Crippen LogP contribution in [0.5, 0.6) is 0 Å². The van der Waals surface area contributed by atoms with Gasteiger partial charge in [-0.05, 0) is 23.3 Å². The van der Waals surface area contributed by atoms with Gasteiger partial charge in [-0.25, -0.2) is 9.59 Å². The molecule has 0 aliphatic rings. The molecule has 0 aliphatic carbocycles. The molecule has 2 aromatic carbocycles. The standard InChI is InChI=1S/C21H22N2O4/c24-20(26-15-7-13-18-9-3-1-4-10-18)22-17-23-21(25)27-16-8-14-19-11-5-2-6-12-19/h1-14H,15-17H2,(H,22,24)(H,23,25). The Balaban J connectivity index is 1.52. The molecule has 2 aromatic rings. The number of carbonyl (C=O) groups is 2. The van der Waals surface area contributed by atoms with Gasteiger partial charge in [0.05, 0.1) is 6.67 Å². The number of hydrogen-bond donors (Lipinski definition) is 2. The quantitative estimate of drug-likeness (QED) is 0.696. The fourth-order valence-corrected chi connectivity index (χ4v) is 2.03. The molecule has 2 rings (SSSR count). The second-order valence-electron chi connectivity index (χ2n) is 5.35. The SMILES string of the molecule is O=C(NCNC(=O)OCC=Cc1ccccc1)OCC=Cc1ccccc1. The van der Waals surface area contributed by atoms with Crippen LogP contribution in [0.1, 0.15) is 11.1 Å². The maximum absolute atomic E-state index is 11.5.